The second-order valence-electron chi connectivity index (χ2n) is 5.57. The maximum Gasteiger partial charge on any atom is 0.107 e. The molecule has 0 spiro atoms. The lowest BCUT2D eigenvalue weighted by molar-refractivity contribution is 0.381. The van der Waals surface area contributed by atoms with Gasteiger partial charge in [0.25, 0.3) is 0 Å². The molecule has 1 unspecified atom stereocenters. The third kappa shape index (κ3) is 2.98. The van der Waals surface area contributed by atoms with Crippen molar-refractivity contribution in [3.63, 3.8) is 0 Å². The van der Waals surface area contributed by atoms with Crippen LogP contribution in [0.15, 0.2) is 18.2 Å². The minimum absolute atomic E-state index is 0.688. The lowest BCUT2D eigenvalue weighted by Gasteiger charge is -2.22. The van der Waals surface area contributed by atoms with Crippen LogP contribution in [0.25, 0.3) is 11.0 Å². The molecular formula is C16H23N3. The molecule has 3 nitrogen and oxygen atoms in total. The third-order valence-electron chi connectivity index (χ3n) is 4.15. The van der Waals surface area contributed by atoms with E-state index in [-0.39, 0.29) is 0 Å². The van der Waals surface area contributed by atoms with Crippen molar-refractivity contribution in [3.8, 4) is 0 Å². The Morgan fingerprint density at radius 1 is 1.32 bits per heavy atom. The van der Waals surface area contributed by atoms with Crippen LogP contribution in [0, 0.1) is 0 Å². The van der Waals surface area contributed by atoms with Crippen LogP contribution in [-0.4, -0.2) is 22.6 Å². The zero-order valence-electron chi connectivity index (χ0n) is 11.7. The van der Waals surface area contributed by atoms with Crippen LogP contribution < -0.4 is 5.32 Å². The van der Waals surface area contributed by atoms with Gasteiger partial charge in [0.05, 0.1) is 11.0 Å². The maximum absolute atomic E-state index is 4.69. The number of H-pyrrole nitrogens is 1. The number of hydrogen-bond donors (Lipinski definition) is 2. The summed E-state index contributed by atoms with van der Waals surface area (Å²) in [6.45, 7) is 3.37. The fourth-order valence-electron chi connectivity index (χ4n) is 2.93. The van der Waals surface area contributed by atoms with Crippen molar-refractivity contribution in [2.45, 2.75) is 51.5 Å². The summed E-state index contributed by atoms with van der Waals surface area (Å²) in [5.41, 5.74) is 3.66. The summed E-state index contributed by atoms with van der Waals surface area (Å²) in [5.74, 6) is 1.13. The van der Waals surface area contributed by atoms with E-state index in [0.717, 1.165) is 24.2 Å². The number of aromatic nitrogens is 2. The average Bonchev–Trinajstić information content (AvgIpc) is 2.88. The van der Waals surface area contributed by atoms with Crippen LogP contribution in [0.1, 0.15) is 44.0 Å². The predicted octanol–water partition coefficient (Wildman–Crippen LogP) is 3.20. The molecule has 1 saturated heterocycles. The Hall–Kier alpha value is -1.35. The molecular weight excluding hydrogens is 234 g/mol. The van der Waals surface area contributed by atoms with Crippen molar-refractivity contribution in [2.75, 3.05) is 6.54 Å². The fourth-order valence-corrected chi connectivity index (χ4v) is 2.93. The van der Waals surface area contributed by atoms with E-state index in [4.69, 9.17) is 0 Å². The monoisotopic (exact) mass is 257 g/mol. The predicted molar refractivity (Wildman–Crippen MR) is 79.4 cm³/mol. The molecule has 1 fully saturated rings. The van der Waals surface area contributed by atoms with Gasteiger partial charge in [-0.2, -0.15) is 0 Å². The lowest BCUT2D eigenvalue weighted by atomic mass is 10.0. The summed E-state index contributed by atoms with van der Waals surface area (Å²) in [6, 6.07) is 7.22. The Balaban J connectivity index is 1.67. The molecule has 1 aliphatic heterocycles. The van der Waals surface area contributed by atoms with E-state index >= 15 is 0 Å². The number of nitrogens with one attached hydrogen (secondary N) is 2. The number of rotatable bonds is 4. The molecule has 0 bridgehead atoms. The first-order valence-electron chi connectivity index (χ1n) is 7.56. The lowest BCUT2D eigenvalue weighted by Crippen LogP contribution is -2.34. The summed E-state index contributed by atoms with van der Waals surface area (Å²) in [7, 11) is 0. The highest BCUT2D eigenvalue weighted by Crippen LogP contribution is 2.17. The molecule has 1 aliphatic rings. The Kier molecular flexibility index (Phi) is 3.83. The van der Waals surface area contributed by atoms with Crippen molar-refractivity contribution in [1.82, 2.24) is 15.3 Å². The number of nitrogens with zero attached hydrogens (tertiary/aromatic N) is 1. The average molecular weight is 257 g/mol. The van der Waals surface area contributed by atoms with Crippen molar-refractivity contribution in [1.29, 1.82) is 0 Å². The Bertz CT molecular complexity index is 538. The van der Waals surface area contributed by atoms with E-state index in [2.05, 4.69) is 40.4 Å². The normalized spacial score (nSPS) is 19.9. The number of aryl methyl sites for hydroxylation is 2. The second kappa shape index (κ2) is 5.74. The number of piperidine rings is 1. The number of hydrogen-bond acceptors (Lipinski definition) is 2. The molecule has 1 aromatic heterocycles. The molecule has 102 valence electrons. The Labute approximate surface area is 114 Å². The minimum atomic E-state index is 0.688. The molecule has 3 heteroatoms. The highest BCUT2D eigenvalue weighted by molar-refractivity contribution is 5.75. The number of imidazole rings is 1. The highest BCUT2D eigenvalue weighted by Gasteiger charge is 2.13. The quantitative estimate of drug-likeness (QED) is 0.883. The van der Waals surface area contributed by atoms with E-state index in [1.54, 1.807) is 0 Å². The molecule has 2 aromatic rings. The largest absolute Gasteiger partial charge is 0.342 e. The van der Waals surface area contributed by atoms with Crippen LogP contribution in [0.3, 0.4) is 0 Å². The van der Waals surface area contributed by atoms with Gasteiger partial charge in [0.2, 0.25) is 0 Å². The summed E-state index contributed by atoms with van der Waals surface area (Å²) in [5, 5.41) is 3.60. The van der Waals surface area contributed by atoms with Crippen molar-refractivity contribution >= 4 is 11.0 Å². The topological polar surface area (TPSA) is 40.7 Å². The molecule has 1 atom stereocenters. The summed E-state index contributed by atoms with van der Waals surface area (Å²) < 4.78 is 0. The van der Waals surface area contributed by atoms with Crippen LogP contribution in [0.2, 0.25) is 0 Å². The van der Waals surface area contributed by atoms with Gasteiger partial charge in [-0.25, -0.2) is 4.98 Å². The fraction of sp³-hybridized carbons (Fsp3) is 0.562. The van der Waals surface area contributed by atoms with Crippen molar-refractivity contribution in [3.05, 3.63) is 29.6 Å². The molecule has 0 saturated carbocycles. The molecule has 2 heterocycles. The van der Waals surface area contributed by atoms with E-state index in [1.165, 1.54) is 43.3 Å². The summed E-state index contributed by atoms with van der Waals surface area (Å²) in [6.07, 6.45) is 7.35. The van der Waals surface area contributed by atoms with E-state index in [9.17, 15) is 0 Å². The summed E-state index contributed by atoms with van der Waals surface area (Å²) >= 11 is 0. The molecule has 3 rings (SSSR count). The van der Waals surface area contributed by atoms with Gasteiger partial charge in [-0.3, -0.25) is 0 Å². The first kappa shape index (κ1) is 12.7. The zero-order chi connectivity index (χ0) is 13.1. The molecule has 0 aliphatic carbocycles. The minimum Gasteiger partial charge on any atom is -0.342 e. The van der Waals surface area contributed by atoms with Crippen molar-refractivity contribution in [2.24, 2.45) is 0 Å². The van der Waals surface area contributed by atoms with Gasteiger partial charge in [0.1, 0.15) is 5.82 Å². The Morgan fingerprint density at radius 2 is 2.26 bits per heavy atom. The first-order valence-corrected chi connectivity index (χ1v) is 7.56. The van der Waals surface area contributed by atoms with Gasteiger partial charge in [0, 0.05) is 12.5 Å². The Morgan fingerprint density at radius 3 is 3.05 bits per heavy atom. The number of fused-ring (bicyclic) bond motifs is 1. The van der Waals surface area contributed by atoms with Gasteiger partial charge in [-0.1, -0.05) is 19.4 Å². The van der Waals surface area contributed by atoms with Gasteiger partial charge in [0.15, 0.2) is 0 Å². The van der Waals surface area contributed by atoms with Gasteiger partial charge in [-0.15, -0.1) is 0 Å². The molecule has 2 N–H and O–H groups in total. The van der Waals surface area contributed by atoms with E-state index in [1.807, 2.05) is 0 Å². The molecule has 1 aromatic carbocycles. The van der Waals surface area contributed by atoms with Crippen molar-refractivity contribution < 1.29 is 0 Å². The zero-order valence-corrected chi connectivity index (χ0v) is 11.7. The number of benzene rings is 1. The van der Waals surface area contributed by atoms with Crippen LogP contribution in [0.5, 0.6) is 0 Å². The SMILES string of the molecule is CCc1ccc2nc(CCC3CCCCN3)[nH]c2c1. The highest BCUT2D eigenvalue weighted by atomic mass is 14.9. The standard InChI is InChI=1S/C16H23N3/c1-2-12-6-8-14-15(11-12)19-16(18-14)9-7-13-5-3-4-10-17-13/h6,8,11,13,17H,2-5,7,9-10H2,1H3,(H,18,19). The second-order valence-corrected chi connectivity index (χ2v) is 5.57. The van der Waals surface area contributed by atoms with Gasteiger partial charge < -0.3 is 10.3 Å². The van der Waals surface area contributed by atoms with E-state index < -0.39 is 0 Å². The summed E-state index contributed by atoms with van der Waals surface area (Å²) in [4.78, 5) is 8.16. The van der Waals surface area contributed by atoms with Gasteiger partial charge in [-0.05, 0) is 49.9 Å². The first-order chi connectivity index (χ1) is 9.35. The van der Waals surface area contributed by atoms with Gasteiger partial charge >= 0.3 is 0 Å². The molecule has 0 radical (unpaired) electrons. The smallest absolute Gasteiger partial charge is 0.107 e. The molecule has 19 heavy (non-hydrogen) atoms. The third-order valence-corrected chi connectivity index (χ3v) is 4.15. The van der Waals surface area contributed by atoms with Crippen LogP contribution in [0.4, 0.5) is 0 Å². The van der Waals surface area contributed by atoms with Crippen LogP contribution in [-0.2, 0) is 12.8 Å². The molecule has 0 amide bonds. The number of aromatic amines is 1. The van der Waals surface area contributed by atoms with Crippen LogP contribution >= 0.6 is 0 Å². The van der Waals surface area contributed by atoms with E-state index in [0.29, 0.717) is 6.04 Å². The maximum atomic E-state index is 4.69.